The molecule has 0 fully saturated rings. The van der Waals surface area contributed by atoms with Crippen molar-refractivity contribution >= 4 is 16.9 Å². The number of amides is 1. The zero-order valence-electron chi connectivity index (χ0n) is 18.9. The maximum absolute atomic E-state index is 12.5. The van der Waals surface area contributed by atoms with E-state index in [4.69, 9.17) is 4.74 Å². The molecule has 0 radical (unpaired) electrons. The van der Waals surface area contributed by atoms with Crippen molar-refractivity contribution in [2.24, 2.45) is 0 Å². The van der Waals surface area contributed by atoms with E-state index in [1.165, 1.54) is 0 Å². The van der Waals surface area contributed by atoms with Gasteiger partial charge in [0.15, 0.2) is 0 Å². The van der Waals surface area contributed by atoms with E-state index in [9.17, 15) is 4.79 Å². The van der Waals surface area contributed by atoms with Crippen LogP contribution in [0.5, 0.6) is 11.5 Å². The fraction of sp³-hybridized carbons (Fsp3) is 0.103. The largest absolute Gasteiger partial charge is 0.457 e. The molecule has 0 spiro atoms. The molecule has 2 aromatic heterocycles. The molecule has 0 atom stereocenters. The number of aromatic amines is 1. The quantitative estimate of drug-likeness (QED) is 0.287. The van der Waals surface area contributed by atoms with Crippen LogP contribution in [0.4, 0.5) is 0 Å². The number of carbonyl (C=O) groups is 1. The maximum atomic E-state index is 12.5. The molecule has 0 saturated carbocycles. The molecule has 3 aromatic carbocycles. The Morgan fingerprint density at radius 2 is 1.74 bits per heavy atom. The van der Waals surface area contributed by atoms with E-state index in [0.29, 0.717) is 12.1 Å². The van der Waals surface area contributed by atoms with Crippen LogP contribution >= 0.6 is 0 Å². The molecule has 2 heterocycles. The van der Waals surface area contributed by atoms with Gasteiger partial charge < -0.3 is 15.0 Å². The van der Waals surface area contributed by atoms with Crippen LogP contribution in [0, 0.1) is 0 Å². The molecule has 34 heavy (non-hydrogen) atoms. The Labute approximate surface area is 198 Å². The first-order valence-corrected chi connectivity index (χ1v) is 11.4. The monoisotopic (exact) mass is 447 g/mol. The molecule has 0 aliphatic heterocycles. The van der Waals surface area contributed by atoms with E-state index >= 15 is 0 Å². The summed E-state index contributed by atoms with van der Waals surface area (Å²) in [6, 6.07) is 27.5. The summed E-state index contributed by atoms with van der Waals surface area (Å²) >= 11 is 0. The molecular weight excluding hydrogens is 422 g/mol. The zero-order valence-corrected chi connectivity index (χ0v) is 18.9. The molecule has 5 aromatic rings. The highest BCUT2D eigenvalue weighted by Crippen LogP contribution is 2.36. The van der Waals surface area contributed by atoms with Gasteiger partial charge in [0.2, 0.25) is 0 Å². The first kappa shape index (κ1) is 21.5. The number of benzene rings is 3. The minimum Gasteiger partial charge on any atom is -0.457 e. The Kier molecular flexibility index (Phi) is 6.08. The third-order valence-corrected chi connectivity index (χ3v) is 5.67. The predicted molar refractivity (Wildman–Crippen MR) is 136 cm³/mol. The SMILES string of the molecule is CCCNC(=O)c1cccc(-c2c[nH]c3ncc(-c4ccccc4Oc4ccccc4)cc23)c1. The number of hydrogen-bond donors (Lipinski definition) is 2. The van der Waals surface area contributed by atoms with Crippen LogP contribution in [0.3, 0.4) is 0 Å². The van der Waals surface area contributed by atoms with Crippen molar-refractivity contribution in [3.05, 3.63) is 103 Å². The summed E-state index contributed by atoms with van der Waals surface area (Å²) in [6.45, 7) is 2.70. The normalized spacial score (nSPS) is 10.9. The standard InChI is InChI=1S/C29H25N3O2/c1-2-15-30-29(33)21-10-8-9-20(16-21)26-19-32-28-25(26)17-22(18-31-28)24-13-6-7-14-27(24)34-23-11-4-3-5-12-23/h3-14,16-19H,2,15H2,1H3,(H,30,33)(H,31,32). The van der Waals surface area contributed by atoms with Crippen molar-refractivity contribution in [3.63, 3.8) is 0 Å². The minimum absolute atomic E-state index is 0.0608. The van der Waals surface area contributed by atoms with Crippen molar-refractivity contribution < 1.29 is 9.53 Å². The molecular formula is C29H25N3O2. The number of hydrogen-bond acceptors (Lipinski definition) is 3. The van der Waals surface area contributed by atoms with Crippen LogP contribution in [0.15, 0.2) is 97.3 Å². The summed E-state index contributed by atoms with van der Waals surface area (Å²) in [6.07, 6.45) is 4.69. The first-order chi connectivity index (χ1) is 16.7. The average Bonchev–Trinajstić information content (AvgIpc) is 3.32. The van der Waals surface area contributed by atoms with E-state index in [2.05, 4.69) is 21.4 Å². The van der Waals surface area contributed by atoms with Gasteiger partial charge in [0.25, 0.3) is 5.91 Å². The lowest BCUT2D eigenvalue weighted by atomic mass is 10.0. The average molecular weight is 448 g/mol. The predicted octanol–water partition coefficient (Wildman–Crippen LogP) is 6.83. The van der Waals surface area contributed by atoms with Crippen LogP contribution < -0.4 is 10.1 Å². The zero-order chi connectivity index (χ0) is 23.3. The number of carbonyl (C=O) groups excluding carboxylic acids is 1. The van der Waals surface area contributed by atoms with Gasteiger partial charge in [0.1, 0.15) is 17.1 Å². The highest BCUT2D eigenvalue weighted by molar-refractivity contribution is 5.99. The summed E-state index contributed by atoms with van der Waals surface area (Å²) in [4.78, 5) is 20.4. The molecule has 0 bridgehead atoms. The topological polar surface area (TPSA) is 67.0 Å². The number of fused-ring (bicyclic) bond motifs is 1. The molecule has 1 amide bonds. The van der Waals surface area contributed by atoms with E-state index in [0.717, 1.165) is 51.2 Å². The van der Waals surface area contributed by atoms with Crippen LogP contribution in [0.25, 0.3) is 33.3 Å². The van der Waals surface area contributed by atoms with E-state index in [1.807, 2.05) is 98.2 Å². The van der Waals surface area contributed by atoms with E-state index < -0.39 is 0 Å². The Morgan fingerprint density at radius 3 is 2.59 bits per heavy atom. The Morgan fingerprint density at radius 1 is 0.912 bits per heavy atom. The highest BCUT2D eigenvalue weighted by atomic mass is 16.5. The number of ether oxygens (including phenoxy) is 1. The second-order valence-electron chi connectivity index (χ2n) is 8.07. The van der Waals surface area contributed by atoms with Gasteiger partial charge in [0, 0.05) is 46.6 Å². The van der Waals surface area contributed by atoms with Gasteiger partial charge in [-0.05, 0) is 48.4 Å². The molecule has 0 aliphatic carbocycles. The third kappa shape index (κ3) is 4.41. The van der Waals surface area contributed by atoms with E-state index in [-0.39, 0.29) is 5.91 Å². The number of nitrogens with one attached hydrogen (secondary N) is 2. The highest BCUT2D eigenvalue weighted by Gasteiger charge is 2.13. The van der Waals surface area contributed by atoms with Crippen molar-refractivity contribution in [2.45, 2.75) is 13.3 Å². The minimum atomic E-state index is -0.0608. The first-order valence-electron chi connectivity index (χ1n) is 11.4. The Balaban J connectivity index is 1.53. The van der Waals surface area contributed by atoms with Gasteiger partial charge in [-0.2, -0.15) is 0 Å². The number of H-pyrrole nitrogens is 1. The lowest BCUT2D eigenvalue weighted by Crippen LogP contribution is -2.23. The van der Waals surface area contributed by atoms with Crippen molar-refractivity contribution in [3.8, 4) is 33.8 Å². The Hall–Kier alpha value is -4.38. The summed E-state index contributed by atoms with van der Waals surface area (Å²) in [5, 5.41) is 3.93. The fourth-order valence-corrected chi connectivity index (χ4v) is 3.97. The van der Waals surface area contributed by atoms with Gasteiger partial charge in [-0.3, -0.25) is 4.79 Å². The molecule has 168 valence electrons. The molecule has 5 rings (SSSR count). The fourth-order valence-electron chi connectivity index (χ4n) is 3.97. The van der Waals surface area contributed by atoms with Gasteiger partial charge in [-0.15, -0.1) is 0 Å². The van der Waals surface area contributed by atoms with Crippen molar-refractivity contribution in [1.29, 1.82) is 0 Å². The summed E-state index contributed by atoms with van der Waals surface area (Å²) in [5.41, 5.74) is 5.31. The van der Waals surface area contributed by atoms with Gasteiger partial charge in [-0.25, -0.2) is 4.98 Å². The second kappa shape index (κ2) is 9.63. The van der Waals surface area contributed by atoms with Crippen molar-refractivity contribution in [2.75, 3.05) is 6.54 Å². The molecule has 0 unspecified atom stereocenters. The van der Waals surface area contributed by atoms with Crippen molar-refractivity contribution in [1.82, 2.24) is 15.3 Å². The molecule has 2 N–H and O–H groups in total. The molecule has 5 nitrogen and oxygen atoms in total. The summed E-state index contributed by atoms with van der Waals surface area (Å²) < 4.78 is 6.17. The van der Waals surface area contributed by atoms with Gasteiger partial charge in [-0.1, -0.05) is 55.5 Å². The smallest absolute Gasteiger partial charge is 0.251 e. The lowest BCUT2D eigenvalue weighted by molar-refractivity contribution is 0.0953. The summed E-state index contributed by atoms with van der Waals surface area (Å²) in [7, 11) is 0. The Bertz CT molecular complexity index is 1440. The van der Waals surface area contributed by atoms with Crippen LogP contribution in [0.2, 0.25) is 0 Å². The third-order valence-electron chi connectivity index (χ3n) is 5.67. The number of para-hydroxylation sites is 2. The van der Waals surface area contributed by atoms with Crippen LogP contribution in [-0.4, -0.2) is 22.4 Å². The second-order valence-corrected chi connectivity index (χ2v) is 8.07. The molecule has 0 saturated heterocycles. The van der Waals surface area contributed by atoms with Crippen LogP contribution in [0.1, 0.15) is 23.7 Å². The van der Waals surface area contributed by atoms with Crippen LogP contribution in [-0.2, 0) is 0 Å². The van der Waals surface area contributed by atoms with Gasteiger partial charge in [0.05, 0.1) is 0 Å². The number of nitrogens with zero attached hydrogens (tertiary/aromatic N) is 1. The van der Waals surface area contributed by atoms with E-state index in [1.54, 1.807) is 0 Å². The maximum Gasteiger partial charge on any atom is 0.251 e. The molecule has 5 heteroatoms. The summed E-state index contributed by atoms with van der Waals surface area (Å²) in [5.74, 6) is 1.49. The number of aromatic nitrogens is 2. The number of rotatable bonds is 7. The molecule has 0 aliphatic rings. The van der Waals surface area contributed by atoms with Gasteiger partial charge >= 0.3 is 0 Å². The number of pyridine rings is 1. The lowest BCUT2D eigenvalue weighted by Gasteiger charge is -2.11.